The summed E-state index contributed by atoms with van der Waals surface area (Å²) in [4.78, 5) is 18.9. The van der Waals surface area contributed by atoms with Gasteiger partial charge in [-0.05, 0) is 59.7 Å². The van der Waals surface area contributed by atoms with Crippen molar-refractivity contribution in [1.82, 2.24) is 4.98 Å². The molecule has 0 atom stereocenters. The number of hydrogen-bond acceptors (Lipinski definition) is 7. The first-order chi connectivity index (χ1) is 17.9. The van der Waals surface area contributed by atoms with Crippen LogP contribution in [0, 0.1) is 0 Å². The molecule has 0 saturated carbocycles. The Labute approximate surface area is 225 Å². The van der Waals surface area contributed by atoms with Crippen LogP contribution >= 0.6 is 23.4 Å². The molecule has 1 heterocycles. The van der Waals surface area contributed by atoms with Crippen molar-refractivity contribution in [3.05, 3.63) is 76.6 Å². The van der Waals surface area contributed by atoms with E-state index in [2.05, 4.69) is 10.3 Å². The van der Waals surface area contributed by atoms with Gasteiger partial charge in [-0.1, -0.05) is 11.6 Å². The molecule has 192 valence electrons. The molecular formula is C28H27ClN2O5S. The van der Waals surface area contributed by atoms with Gasteiger partial charge < -0.3 is 24.3 Å². The highest BCUT2D eigenvalue weighted by atomic mass is 35.5. The third kappa shape index (κ3) is 5.55. The minimum Gasteiger partial charge on any atom is -0.493 e. The fraction of sp³-hybridized carbons (Fsp3) is 0.214. The SMILES string of the molecule is COc1cc(Cc2nccc3cc(OC)c(OC)cc23)c(NC(=O)c2cc(SC)ccc2Cl)cc1OC. The Morgan fingerprint density at radius 2 is 1.54 bits per heavy atom. The Kier molecular flexibility index (Phi) is 8.31. The van der Waals surface area contributed by atoms with E-state index in [-0.39, 0.29) is 5.91 Å². The van der Waals surface area contributed by atoms with Crippen molar-refractivity contribution in [2.24, 2.45) is 0 Å². The number of nitrogens with zero attached hydrogens (tertiary/aromatic N) is 1. The van der Waals surface area contributed by atoms with Gasteiger partial charge in [0.05, 0.1) is 44.7 Å². The molecule has 0 radical (unpaired) electrons. The Balaban J connectivity index is 1.79. The molecule has 0 aliphatic heterocycles. The van der Waals surface area contributed by atoms with E-state index >= 15 is 0 Å². The molecule has 0 aliphatic carbocycles. The molecule has 0 unspecified atom stereocenters. The van der Waals surface area contributed by atoms with Gasteiger partial charge in [0, 0.05) is 34.7 Å². The number of ether oxygens (including phenoxy) is 4. The van der Waals surface area contributed by atoms with Crippen LogP contribution < -0.4 is 24.3 Å². The first-order valence-electron chi connectivity index (χ1n) is 11.3. The number of nitrogens with one attached hydrogen (secondary N) is 1. The topological polar surface area (TPSA) is 78.9 Å². The second-order valence-electron chi connectivity index (χ2n) is 8.03. The first-order valence-corrected chi connectivity index (χ1v) is 12.9. The Bertz CT molecular complexity index is 1460. The van der Waals surface area contributed by atoms with Gasteiger partial charge in [0.2, 0.25) is 0 Å². The third-order valence-electron chi connectivity index (χ3n) is 5.98. The van der Waals surface area contributed by atoms with Gasteiger partial charge in [0.1, 0.15) is 0 Å². The second-order valence-corrected chi connectivity index (χ2v) is 9.31. The average molecular weight is 539 g/mol. The second kappa shape index (κ2) is 11.6. The summed E-state index contributed by atoms with van der Waals surface area (Å²) >= 11 is 7.90. The molecule has 0 fully saturated rings. The van der Waals surface area contributed by atoms with Gasteiger partial charge in [-0.2, -0.15) is 0 Å². The van der Waals surface area contributed by atoms with Crippen molar-refractivity contribution in [3.63, 3.8) is 0 Å². The van der Waals surface area contributed by atoms with Crippen molar-refractivity contribution in [1.29, 1.82) is 0 Å². The number of aromatic nitrogens is 1. The highest BCUT2D eigenvalue weighted by Crippen LogP contribution is 2.37. The van der Waals surface area contributed by atoms with Crippen molar-refractivity contribution in [3.8, 4) is 23.0 Å². The molecule has 0 bridgehead atoms. The fourth-order valence-corrected chi connectivity index (χ4v) is 4.70. The normalized spacial score (nSPS) is 10.8. The quantitative estimate of drug-likeness (QED) is 0.244. The summed E-state index contributed by atoms with van der Waals surface area (Å²) in [5, 5.41) is 5.24. The van der Waals surface area contributed by atoms with Gasteiger partial charge >= 0.3 is 0 Å². The molecule has 4 aromatic rings. The summed E-state index contributed by atoms with van der Waals surface area (Å²) in [5.41, 5.74) is 2.53. The summed E-state index contributed by atoms with van der Waals surface area (Å²) in [6, 6.07) is 14.7. The third-order valence-corrected chi connectivity index (χ3v) is 7.04. The van der Waals surface area contributed by atoms with Gasteiger partial charge in [0.25, 0.3) is 5.91 Å². The lowest BCUT2D eigenvalue weighted by Gasteiger charge is -2.17. The summed E-state index contributed by atoms with van der Waals surface area (Å²) in [5.74, 6) is 1.94. The van der Waals surface area contributed by atoms with E-state index < -0.39 is 0 Å². The van der Waals surface area contributed by atoms with E-state index in [1.165, 1.54) is 11.8 Å². The monoisotopic (exact) mass is 538 g/mol. The Morgan fingerprint density at radius 3 is 2.22 bits per heavy atom. The zero-order valence-corrected chi connectivity index (χ0v) is 22.8. The molecule has 1 amide bonds. The lowest BCUT2D eigenvalue weighted by molar-refractivity contribution is 0.102. The van der Waals surface area contributed by atoms with Crippen LogP contribution in [0.15, 0.2) is 59.6 Å². The minimum atomic E-state index is -0.327. The van der Waals surface area contributed by atoms with Crippen molar-refractivity contribution in [2.45, 2.75) is 11.3 Å². The van der Waals surface area contributed by atoms with Crippen LogP contribution in [0.2, 0.25) is 5.02 Å². The number of rotatable bonds is 9. The lowest BCUT2D eigenvalue weighted by atomic mass is 10.0. The molecule has 1 N–H and O–H groups in total. The predicted molar refractivity (Wildman–Crippen MR) is 148 cm³/mol. The molecule has 1 aromatic heterocycles. The molecular weight excluding hydrogens is 512 g/mol. The largest absolute Gasteiger partial charge is 0.493 e. The van der Waals surface area contributed by atoms with Gasteiger partial charge in [-0.3, -0.25) is 9.78 Å². The smallest absolute Gasteiger partial charge is 0.257 e. The zero-order valence-electron chi connectivity index (χ0n) is 21.2. The van der Waals surface area contributed by atoms with Crippen LogP contribution in [0.5, 0.6) is 23.0 Å². The average Bonchev–Trinajstić information content (AvgIpc) is 2.93. The molecule has 0 aliphatic rings. The van der Waals surface area contributed by atoms with Crippen LogP contribution in [0.1, 0.15) is 21.6 Å². The molecule has 37 heavy (non-hydrogen) atoms. The number of carbonyl (C=O) groups is 1. The van der Waals surface area contributed by atoms with Crippen LogP contribution in [0.4, 0.5) is 5.69 Å². The van der Waals surface area contributed by atoms with Crippen LogP contribution in [0.3, 0.4) is 0 Å². The van der Waals surface area contributed by atoms with Crippen LogP contribution in [0.25, 0.3) is 10.8 Å². The standard InChI is InChI=1S/C28H27ClN2O5S/c1-33-24-11-16-8-9-30-23(19(16)14-26(24)35-3)10-17-12-25(34-2)27(36-4)15-22(17)31-28(32)20-13-18(37-5)6-7-21(20)29/h6-9,11-15H,10H2,1-5H3,(H,31,32). The van der Waals surface area contributed by atoms with Gasteiger partial charge in [-0.15, -0.1) is 11.8 Å². The highest BCUT2D eigenvalue weighted by Gasteiger charge is 2.19. The van der Waals surface area contributed by atoms with Gasteiger partial charge in [-0.25, -0.2) is 0 Å². The number of amides is 1. The summed E-state index contributed by atoms with van der Waals surface area (Å²) < 4.78 is 22.0. The van der Waals surface area contributed by atoms with Crippen LogP contribution in [-0.2, 0) is 6.42 Å². The molecule has 3 aromatic carbocycles. The number of halogens is 1. The van der Waals surface area contributed by atoms with E-state index in [4.69, 9.17) is 30.5 Å². The van der Waals surface area contributed by atoms with Crippen molar-refractivity contribution >= 4 is 45.7 Å². The first kappa shape index (κ1) is 26.4. The van der Waals surface area contributed by atoms with E-state index in [0.29, 0.717) is 45.7 Å². The molecule has 9 heteroatoms. The van der Waals surface area contributed by atoms with E-state index in [9.17, 15) is 4.79 Å². The van der Waals surface area contributed by atoms with Crippen molar-refractivity contribution < 1.29 is 23.7 Å². The summed E-state index contributed by atoms with van der Waals surface area (Å²) in [6.07, 6.45) is 4.09. The maximum absolute atomic E-state index is 13.3. The van der Waals surface area contributed by atoms with E-state index in [1.54, 1.807) is 52.8 Å². The van der Waals surface area contributed by atoms with Crippen LogP contribution in [-0.4, -0.2) is 45.6 Å². The molecule has 4 rings (SSSR count). The fourth-order valence-electron chi connectivity index (χ4n) is 4.06. The Morgan fingerprint density at radius 1 is 0.892 bits per heavy atom. The minimum absolute atomic E-state index is 0.327. The van der Waals surface area contributed by atoms with Crippen molar-refractivity contribution in [2.75, 3.05) is 40.0 Å². The number of pyridine rings is 1. The number of thioether (sulfide) groups is 1. The number of benzene rings is 3. The number of carbonyl (C=O) groups excluding carboxylic acids is 1. The maximum atomic E-state index is 13.3. The number of hydrogen-bond donors (Lipinski definition) is 1. The number of fused-ring (bicyclic) bond motifs is 1. The van der Waals surface area contributed by atoms with Gasteiger partial charge in [0.15, 0.2) is 23.0 Å². The van der Waals surface area contributed by atoms with E-state index in [1.807, 2.05) is 36.6 Å². The van der Waals surface area contributed by atoms with E-state index in [0.717, 1.165) is 26.9 Å². The highest BCUT2D eigenvalue weighted by molar-refractivity contribution is 7.98. The summed E-state index contributed by atoms with van der Waals surface area (Å²) in [6.45, 7) is 0. The molecule has 7 nitrogen and oxygen atoms in total. The zero-order chi connectivity index (χ0) is 26.5. The predicted octanol–water partition coefficient (Wildman–Crippen LogP) is 6.49. The lowest BCUT2D eigenvalue weighted by Crippen LogP contribution is -2.15. The number of anilines is 1. The Hall–Kier alpha value is -3.62. The molecule has 0 saturated heterocycles. The molecule has 0 spiro atoms. The number of methoxy groups -OCH3 is 4. The summed E-state index contributed by atoms with van der Waals surface area (Å²) in [7, 11) is 6.32. The maximum Gasteiger partial charge on any atom is 0.257 e.